The van der Waals surface area contributed by atoms with Crippen LogP contribution in [-0.2, 0) is 22.4 Å². The van der Waals surface area contributed by atoms with Gasteiger partial charge in [-0.2, -0.15) is 0 Å². The van der Waals surface area contributed by atoms with Gasteiger partial charge in [-0.15, -0.1) is 11.6 Å². The molecule has 0 atom stereocenters. The van der Waals surface area contributed by atoms with Gasteiger partial charge in [0, 0.05) is 12.4 Å². The SMILES string of the molecule is CCCCS(=O)(=O)NCc1ccc(CCl)cc1. The average molecular weight is 276 g/mol. The topological polar surface area (TPSA) is 46.2 Å². The number of sulfonamides is 1. The molecule has 0 amide bonds. The summed E-state index contributed by atoms with van der Waals surface area (Å²) in [4.78, 5) is 0. The Morgan fingerprint density at radius 3 is 2.29 bits per heavy atom. The second kappa shape index (κ2) is 6.99. The maximum Gasteiger partial charge on any atom is 0.211 e. The highest BCUT2D eigenvalue weighted by Crippen LogP contribution is 2.07. The lowest BCUT2D eigenvalue weighted by Gasteiger charge is -2.06. The highest BCUT2D eigenvalue weighted by atomic mass is 35.5. The fourth-order valence-corrected chi connectivity index (χ4v) is 2.72. The first-order valence-electron chi connectivity index (χ1n) is 5.68. The van der Waals surface area contributed by atoms with E-state index in [-0.39, 0.29) is 5.75 Å². The van der Waals surface area contributed by atoms with Crippen LogP contribution in [0.1, 0.15) is 30.9 Å². The zero-order chi connectivity index (χ0) is 12.7. The Bertz CT molecular complexity index is 428. The Kier molecular flexibility index (Phi) is 5.95. The van der Waals surface area contributed by atoms with E-state index in [4.69, 9.17) is 11.6 Å². The fraction of sp³-hybridized carbons (Fsp3) is 0.500. The zero-order valence-corrected chi connectivity index (χ0v) is 11.5. The number of nitrogens with one attached hydrogen (secondary N) is 1. The zero-order valence-electron chi connectivity index (χ0n) is 9.95. The molecule has 0 fully saturated rings. The van der Waals surface area contributed by atoms with Crippen molar-refractivity contribution >= 4 is 21.6 Å². The monoisotopic (exact) mass is 275 g/mol. The number of benzene rings is 1. The lowest BCUT2D eigenvalue weighted by molar-refractivity contribution is 0.578. The third-order valence-corrected chi connectivity index (χ3v) is 4.16. The molecule has 5 heteroatoms. The first kappa shape index (κ1) is 14.5. The van der Waals surface area contributed by atoms with Gasteiger partial charge in [0.25, 0.3) is 0 Å². The largest absolute Gasteiger partial charge is 0.212 e. The van der Waals surface area contributed by atoms with E-state index in [1.165, 1.54) is 0 Å². The molecule has 0 aliphatic carbocycles. The van der Waals surface area contributed by atoms with Crippen LogP contribution in [0.25, 0.3) is 0 Å². The molecule has 0 spiro atoms. The van der Waals surface area contributed by atoms with E-state index >= 15 is 0 Å². The van der Waals surface area contributed by atoms with Crippen LogP contribution >= 0.6 is 11.6 Å². The van der Waals surface area contributed by atoms with Crippen LogP contribution in [0.3, 0.4) is 0 Å². The smallest absolute Gasteiger partial charge is 0.211 e. The van der Waals surface area contributed by atoms with E-state index in [0.717, 1.165) is 17.5 Å². The summed E-state index contributed by atoms with van der Waals surface area (Å²) < 4.78 is 25.7. The molecule has 0 saturated carbocycles. The van der Waals surface area contributed by atoms with Crippen molar-refractivity contribution in [3.63, 3.8) is 0 Å². The minimum Gasteiger partial charge on any atom is -0.212 e. The summed E-state index contributed by atoms with van der Waals surface area (Å²) in [5, 5.41) is 0. The molecule has 0 radical (unpaired) electrons. The molecule has 0 aromatic heterocycles. The number of alkyl halides is 1. The molecule has 0 aliphatic rings. The number of hydrogen-bond donors (Lipinski definition) is 1. The molecular weight excluding hydrogens is 258 g/mol. The summed E-state index contributed by atoms with van der Waals surface area (Å²) in [7, 11) is -3.13. The average Bonchev–Trinajstić information content (AvgIpc) is 2.35. The molecule has 0 aliphatic heterocycles. The van der Waals surface area contributed by atoms with Gasteiger partial charge in [0.2, 0.25) is 10.0 Å². The van der Waals surface area contributed by atoms with Gasteiger partial charge < -0.3 is 0 Å². The van der Waals surface area contributed by atoms with Crippen molar-refractivity contribution in [2.75, 3.05) is 5.75 Å². The van der Waals surface area contributed by atoms with Crippen molar-refractivity contribution in [2.45, 2.75) is 32.2 Å². The number of rotatable bonds is 7. The van der Waals surface area contributed by atoms with Crippen molar-refractivity contribution in [1.82, 2.24) is 4.72 Å². The van der Waals surface area contributed by atoms with Crippen LogP contribution in [0.5, 0.6) is 0 Å². The fourth-order valence-electron chi connectivity index (χ4n) is 1.35. The maximum atomic E-state index is 11.6. The molecule has 0 heterocycles. The Labute approximate surface area is 108 Å². The van der Waals surface area contributed by atoms with Crippen LogP contribution in [-0.4, -0.2) is 14.2 Å². The Hall–Kier alpha value is -0.580. The standard InChI is InChI=1S/C12H18ClNO2S/c1-2-3-8-17(15,16)14-10-12-6-4-11(9-13)5-7-12/h4-7,14H,2-3,8-10H2,1H3. The van der Waals surface area contributed by atoms with E-state index in [1.807, 2.05) is 31.2 Å². The van der Waals surface area contributed by atoms with Gasteiger partial charge in [-0.05, 0) is 17.5 Å². The van der Waals surface area contributed by atoms with Gasteiger partial charge in [0.05, 0.1) is 5.75 Å². The van der Waals surface area contributed by atoms with Crippen molar-refractivity contribution < 1.29 is 8.42 Å². The molecule has 1 rings (SSSR count). The van der Waals surface area contributed by atoms with E-state index in [2.05, 4.69) is 4.72 Å². The van der Waals surface area contributed by atoms with Gasteiger partial charge in [-0.25, -0.2) is 13.1 Å². The van der Waals surface area contributed by atoms with Crippen LogP contribution in [0.2, 0.25) is 0 Å². The van der Waals surface area contributed by atoms with Crippen LogP contribution in [0.15, 0.2) is 24.3 Å². The predicted molar refractivity (Wildman–Crippen MR) is 71.5 cm³/mol. The third-order valence-electron chi connectivity index (χ3n) is 2.44. The molecule has 1 N–H and O–H groups in total. The van der Waals surface area contributed by atoms with E-state index in [0.29, 0.717) is 18.8 Å². The summed E-state index contributed by atoms with van der Waals surface area (Å²) in [6, 6.07) is 7.59. The first-order valence-corrected chi connectivity index (χ1v) is 7.87. The lowest BCUT2D eigenvalue weighted by Crippen LogP contribution is -2.25. The summed E-state index contributed by atoms with van der Waals surface area (Å²) >= 11 is 5.67. The first-order chi connectivity index (χ1) is 8.07. The highest BCUT2D eigenvalue weighted by Gasteiger charge is 2.08. The molecule has 0 saturated heterocycles. The summed E-state index contributed by atoms with van der Waals surface area (Å²) in [5.74, 6) is 0.672. The van der Waals surface area contributed by atoms with E-state index < -0.39 is 10.0 Å². The molecule has 3 nitrogen and oxygen atoms in total. The Balaban J connectivity index is 2.49. The summed E-state index contributed by atoms with van der Waals surface area (Å²) in [5.41, 5.74) is 1.98. The van der Waals surface area contributed by atoms with Crippen molar-refractivity contribution in [1.29, 1.82) is 0 Å². The van der Waals surface area contributed by atoms with Crippen LogP contribution in [0.4, 0.5) is 0 Å². The molecule has 96 valence electrons. The summed E-state index contributed by atoms with van der Waals surface area (Å²) in [6.07, 6.45) is 1.58. The van der Waals surface area contributed by atoms with E-state index in [9.17, 15) is 8.42 Å². The van der Waals surface area contributed by atoms with Gasteiger partial charge in [-0.1, -0.05) is 37.6 Å². The molecule has 17 heavy (non-hydrogen) atoms. The second-order valence-electron chi connectivity index (χ2n) is 3.94. The third kappa shape index (κ3) is 5.52. The predicted octanol–water partition coefficient (Wildman–Crippen LogP) is 2.64. The molecule has 1 aromatic carbocycles. The lowest BCUT2D eigenvalue weighted by atomic mass is 10.1. The molecule has 1 aromatic rings. The quantitative estimate of drug-likeness (QED) is 0.778. The minimum absolute atomic E-state index is 0.198. The Morgan fingerprint density at radius 1 is 1.18 bits per heavy atom. The van der Waals surface area contributed by atoms with Crippen LogP contribution in [0, 0.1) is 0 Å². The summed E-state index contributed by atoms with van der Waals surface area (Å²) in [6.45, 7) is 2.31. The van der Waals surface area contributed by atoms with Gasteiger partial charge in [-0.3, -0.25) is 0 Å². The molecular formula is C12H18ClNO2S. The number of halogens is 1. The van der Waals surface area contributed by atoms with Crippen molar-refractivity contribution in [3.05, 3.63) is 35.4 Å². The van der Waals surface area contributed by atoms with Gasteiger partial charge in [0.15, 0.2) is 0 Å². The number of unbranched alkanes of at least 4 members (excludes halogenated alkanes) is 1. The van der Waals surface area contributed by atoms with Crippen molar-refractivity contribution in [2.24, 2.45) is 0 Å². The maximum absolute atomic E-state index is 11.6. The highest BCUT2D eigenvalue weighted by molar-refractivity contribution is 7.89. The van der Waals surface area contributed by atoms with E-state index in [1.54, 1.807) is 0 Å². The normalized spacial score (nSPS) is 11.6. The van der Waals surface area contributed by atoms with Crippen LogP contribution < -0.4 is 4.72 Å². The second-order valence-corrected chi connectivity index (χ2v) is 6.14. The van der Waals surface area contributed by atoms with Gasteiger partial charge >= 0.3 is 0 Å². The van der Waals surface area contributed by atoms with Crippen molar-refractivity contribution in [3.8, 4) is 0 Å². The van der Waals surface area contributed by atoms with Gasteiger partial charge in [0.1, 0.15) is 0 Å². The molecule has 0 bridgehead atoms. The Morgan fingerprint density at radius 2 is 1.76 bits per heavy atom. The molecule has 0 unspecified atom stereocenters. The minimum atomic E-state index is -3.13. The number of hydrogen-bond acceptors (Lipinski definition) is 2.